The first-order chi connectivity index (χ1) is 9.99. The van der Waals surface area contributed by atoms with Crippen LogP contribution < -0.4 is 5.32 Å². The van der Waals surface area contributed by atoms with Crippen molar-refractivity contribution in [3.05, 3.63) is 29.7 Å². The molecule has 0 unspecified atom stereocenters. The van der Waals surface area contributed by atoms with Crippen LogP contribution in [-0.4, -0.2) is 40.2 Å². The summed E-state index contributed by atoms with van der Waals surface area (Å²) in [4.78, 5) is 4.29. The molecule has 0 aromatic carbocycles. The predicted octanol–water partition coefficient (Wildman–Crippen LogP) is 1.35. The zero-order valence-electron chi connectivity index (χ0n) is 13.1. The smallest absolute Gasteiger partial charge is 0.216 e. The van der Waals surface area contributed by atoms with Crippen molar-refractivity contribution in [1.29, 1.82) is 0 Å². The molecule has 0 fully saturated rings. The van der Waals surface area contributed by atoms with Crippen LogP contribution in [0.4, 0.5) is 0 Å². The molecular weight excluding hydrogens is 270 g/mol. The molecule has 116 valence electrons. The third-order valence-electron chi connectivity index (χ3n) is 2.97. The van der Waals surface area contributed by atoms with E-state index in [0.717, 1.165) is 18.0 Å². The topological polar surface area (TPSA) is 78.0 Å². The fourth-order valence-electron chi connectivity index (χ4n) is 1.76. The molecule has 0 amide bonds. The molecule has 0 radical (unpaired) electrons. The van der Waals surface area contributed by atoms with E-state index >= 15 is 0 Å². The number of aromatic nitrogens is 4. The number of hydrogen-bond donors (Lipinski definition) is 1. The van der Waals surface area contributed by atoms with Crippen LogP contribution in [0.1, 0.15) is 38.1 Å². The van der Waals surface area contributed by atoms with Gasteiger partial charge >= 0.3 is 0 Å². The third-order valence-corrected chi connectivity index (χ3v) is 2.97. The van der Waals surface area contributed by atoms with Gasteiger partial charge < -0.3 is 14.5 Å². The van der Waals surface area contributed by atoms with Crippen molar-refractivity contribution in [3.63, 3.8) is 0 Å². The van der Waals surface area contributed by atoms with Crippen LogP contribution in [0.2, 0.25) is 0 Å². The molecule has 0 saturated heterocycles. The molecule has 7 heteroatoms. The Morgan fingerprint density at radius 2 is 2.19 bits per heavy atom. The highest BCUT2D eigenvalue weighted by molar-refractivity contribution is 5.06. The van der Waals surface area contributed by atoms with Gasteiger partial charge in [0.1, 0.15) is 12.3 Å². The summed E-state index contributed by atoms with van der Waals surface area (Å²) >= 11 is 0. The van der Waals surface area contributed by atoms with Gasteiger partial charge in [-0.05, 0) is 0 Å². The maximum absolute atomic E-state index is 5.74. The average molecular weight is 293 g/mol. The maximum atomic E-state index is 5.74. The molecule has 0 aliphatic carbocycles. The highest BCUT2D eigenvalue weighted by Gasteiger charge is 2.19. The normalized spacial score (nSPS) is 12.0. The second kappa shape index (κ2) is 6.82. The Morgan fingerprint density at radius 1 is 1.38 bits per heavy atom. The summed E-state index contributed by atoms with van der Waals surface area (Å²) in [6.07, 6.45) is 3.67. The summed E-state index contributed by atoms with van der Waals surface area (Å²) in [5.41, 5.74) is 0.845. The highest BCUT2D eigenvalue weighted by Crippen LogP contribution is 2.22. The van der Waals surface area contributed by atoms with E-state index in [1.165, 1.54) is 0 Å². The standard InChI is InChI=1S/C14H23N5O2/c1-14(2,3)12-8-16-13(21-12)10-19-9-11(17-18-19)7-15-5-6-20-4/h8-9,15H,5-7,10H2,1-4H3. The first-order valence-electron chi connectivity index (χ1n) is 7.03. The van der Waals surface area contributed by atoms with E-state index in [1.54, 1.807) is 18.0 Å². The van der Waals surface area contributed by atoms with Gasteiger partial charge in [0, 0.05) is 25.6 Å². The second-order valence-corrected chi connectivity index (χ2v) is 5.95. The first-order valence-corrected chi connectivity index (χ1v) is 7.03. The van der Waals surface area contributed by atoms with Gasteiger partial charge in [-0.2, -0.15) is 0 Å². The van der Waals surface area contributed by atoms with E-state index < -0.39 is 0 Å². The minimum Gasteiger partial charge on any atom is -0.443 e. The van der Waals surface area contributed by atoms with Gasteiger partial charge in [0.2, 0.25) is 5.89 Å². The lowest BCUT2D eigenvalue weighted by Crippen LogP contribution is -2.18. The average Bonchev–Trinajstić information content (AvgIpc) is 3.04. The number of nitrogens with zero attached hydrogens (tertiary/aromatic N) is 4. The minimum absolute atomic E-state index is 0.0377. The van der Waals surface area contributed by atoms with Gasteiger partial charge in [-0.25, -0.2) is 9.67 Å². The molecular formula is C14H23N5O2. The molecule has 0 spiro atoms. The molecule has 1 N–H and O–H groups in total. The van der Waals surface area contributed by atoms with Crippen molar-refractivity contribution in [2.24, 2.45) is 0 Å². The first kappa shape index (κ1) is 15.7. The van der Waals surface area contributed by atoms with E-state index in [-0.39, 0.29) is 5.41 Å². The lowest BCUT2D eigenvalue weighted by atomic mass is 9.94. The Hall–Kier alpha value is -1.73. The van der Waals surface area contributed by atoms with Crippen LogP contribution in [0, 0.1) is 0 Å². The van der Waals surface area contributed by atoms with Crippen LogP contribution >= 0.6 is 0 Å². The summed E-state index contributed by atoms with van der Waals surface area (Å²) in [6.45, 7) is 8.91. The number of rotatable bonds is 7. The van der Waals surface area contributed by atoms with E-state index in [0.29, 0.717) is 25.6 Å². The second-order valence-electron chi connectivity index (χ2n) is 5.95. The summed E-state index contributed by atoms with van der Waals surface area (Å²) < 4.78 is 12.4. The van der Waals surface area contributed by atoms with Crippen LogP contribution in [0.3, 0.4) is 0 Å². The van der Waals surface area contributed by atoms with E-state index in [1.807, 2.05) is 6.20 Å². The van der Waals surface area contributed by atoms with Crippen molar-refractivity contribution >= 4 is 0 Å². The molecule has 0 atom stereocenters. The Morgan fingerprint density at radius 3 is 2.86 bits per heavy atom. The highest BCUT2D eigenvalue weighted by atomic mass is 16.5. The van der Waals surface area contributed by atoms with Crippen LogP contribution in [0.5, 0.6) is 0 Å². The van der Waals surface area contributed by atoms with Gasteiger partial charge in [-0.1, -0.05) is 26.0 Å². The van der Waals surface area contributed by atoms with Gasteiger partial charge in [-0.3, -0.25) is 0 Å². The van der Waals surface area contributed by atoms with E-state index in [9.17, 15) is 0 Å². The summed E-state index contributed by atoms with van der Waals surface area (Å²) in [5, 5.41) is 11.4. The minimum atomic E-state index is -0.0377. The lowest BCUT2D eigenvalue weighted by Gasteiger charge is -2.12. The number of hydrogen-bond acceptors (Lipinski definition) is 6. The van der Waals surface area contributed by atoms with Gasteiger partial charge in [0.05, 0.1) is 24.7 Å². The van der Waals surface area contributed by atoms with Crippen molar-refractivity contribution in [3.8, 4) is 0 Å². The fraction of sp³-hybridized carbons (Fsp3) is 0.643. The summed E-state index contributed by atoms with van der Waals surface area (Å²) in [6, 6.07) is 0. The van der Waals surface area contributed by atoms with Crippen molar-refractivity contribution < 1.29 is 9.15 Å². The Kier molecular flexibility index (Phi) is 5.08. The summed E-state index contributed by atoms with van der Waals surface area (Å²) in [7, 11) is 1.68. The molecule has 0 aliphatic heterocycles. The number of oxazole rings is 1. The van der Waals surface area contributed by atoms with Crippen molar-refractivity contribution in [2.75, 3.05) is 20.3 Å². The molecule has 2 aromatic rings. The molecule has 0 saturated carbocycles. The van der Waals surface area contributed by atoms with E-state index in [4.69, 9.17) is 9.15 Å². The molecule has 7 nitrogen and oxygen atoms in total. The summed E-state index contributed by atoms with van der Waals surface area (Å²) in [5.74, 6) is 1.52. The fourth-order valence-corrected chi connectivity index (χ4v) is 1.76. The zero-order valence-corrected chi connectivity index (χ0v) is 13.1. The van der Waals surface area contributed by atoms with Gasteiger partial charge in [0.15, 0.2) is 0 Å². The van der Waals surface area contributed by atoms with Crippen molar-refractivity contribution in [2.45, 2.75) is 39.3 Å². The molecule has 0 aliphatic rings. The van der Waals surface area contributed by atoms with Crippen LogP contribution in [-0.2, 0) is 23.2 Å². The van der Waals surface area contributed by atoms with Gasteiger partial charge in [0.25, 0.3) is 0 Å². The lowest BCUT2D eigenvalue weighted by molar-refractivity contribution is 0.199. The molecule has 2 aromatic heterocycles. The number of nitrogens with one attached hydrogen (secondary N) is 1. The molecule has 2 rings (SSSR count). The number of methoxy groups -OCH3 is 1. The van der Waals surface area contributed by atoms with E-state index in [2.05, 4.69) is 41.4 Å². The van der Waals surface area contributed by atoms with Crippen LogP contribution in [0.25, 0.3) is 0 Å². The quantitative estimate of drug-likeness (QED) is 0.776. The molecule has 0 bridgehead atoms. The Labute approximate surface area is 124 Å². The van der Waals surface area contributed by atoms with Crippen LogP contribution in [0.15, 0.2) is 16.8 Å². The predicted molar refractivity (Wildman–Crippen MR) is 77.9 cm³/mol. The Bertz CT molecular complexity index is 556. The maximum Gasteiger partial charge on any atom is 0.216 e. The monoisotopic (exact) mass is 293 g/mol. The molecule has 2 heterocycles. The third kappa shape index (κ3) is 4.64. The largest absolute Gasteiger partial charge is 0.443 e. The Balaban J connectivity index is 1.89. The van der Waals surface area contributed by atoms with Gasteiger partial charge in [-0.15, -0.1) is 5.10 Å². The van der Waals surface area contributed by atoms with Crippen molar-refractivity contribution in [1.82, 2.24) is 25.3 Å². The zero-order chi connectivity index (χ0) is 15.3. The number of ether oxygens (including phenoxy) is 1. The SMILES string of the molecule is COCCNCc1cn(Cc2ncc(C(C)(C)C)o2)nn1. The molecule has 21 heavy (non-hydrogen) atoms.